The Morgan fingerprint density at radius 3 is 2.44 bits per heavy atom. The average Bonchev–Trinajstić information content (AvgIpc) is 3.29. The maximum absolute atomic E-state index is 13.9. The summed E-state index contributed by atoms with van der Waals surface area (Å²) in [5.74, 6) is -1.25. The number of hydrogen-bond donors (Lipinski definition) is 1. The monoisotopic (exact) mass is 462 g/mol. The van der Waals surface area contributed by atoms with Gasteiger partial charge in [-0.25, -0.2) is 8.78 Å². The Kier molecular flexibility index (Phi) is 5.29. The Morgan fingerprint density at radius 1 is 0.912 bits per heavy atom. The van der Waals surface area contributed by atoms with E-state index in [0.29, 0.717) is 17.2 Å². The van der Waals surface area contributed by atoms with Gasteiger partial charge in [0.1, 0.15) is 18.2 Å². The summed E-state index contributed by atoms with van der Waals surface area (Å²) in [5, 5.41) is 2.67. The van der Waals surface area contributed by atoms with Crippen molar-refractivity contribution in [3.63, 3.8) is 0 Å². The summed E-state index contributed by atoms with van der Waals surface area (Å²) in [5.41, 5.74) is -0.112. The Morgan fingerprint density at radius 2 is 1.65 bits per heavy atom. The Balaban J connectivity index is 1.51. The molecule has 0 unspecified atom stereocenters. The summed E-state index contributed by atoms with van der Waals surface area (Å²) < 4.78 is 39.1. The highest BCUT2D eigenvalue weighted by Crippen LogP contribution is 2.34. The lowest BCUT2D eigenvalue weighted by atomic mass is 10.0. The maximum atomic E-state index is 13.9. The topological polar surface area (TPSA) is 86.6 Å². The van der Waals surface area contributed by atoms with Gasteiger partial charge in [0.2, 0.25) is 18.1 Å². The largest absolute Gasteiger partial charge is 0.454 e. The normalized spacial score (nSPS) is 12.1. The van der Waals surface area contributed by atoms with Crippen molar-refractivity contribution in [3.8, 4) is 11.5 Å². The molecule has 1 amide bonds. The van der Waals surface area contributed by atoms with Gasteiger partial charge in [0, 0.05) is 28.9 Å². The lowest BCUT2D eigenvalue weighted by molar-refractivity contribution is -0.116. The van der Waals surface area contributed by atoms with Gasteiger partial charge in [-0.3, -0.25) is 14.4 Å². The van der Waals surface area contributed by atoms with E-state index in [1.165, 1.54) is 29.0 Å². The molecule has 34 heavy (non-hydrogen) atoms. The first-order valence-corrected chi connectivity index (χ1v) is 10.2. The van der Waals surface area contributed by atoms with Crippen molar-refractivity contribution in [1.29, 1.82) is 0 Å². The number of nitrogens with one attached hydrogen (secondary N) is 1. The molecule has 1 N–H and O–H groups in total. The third-order valence-electron chi connectivity index (χ3n) is 5.36. The smallest absolute Gasteiger partial charge is 0.244 e. The van der Waals surface area contributed by atoms with Crippen molar-refractivity contribution in [3.05, 3.63) is 99.8 Å². The number of halogens is 2. The van der Waals surface area contributed by atoms with Crippen LogP contribution in [-0.2, 0) is 11.3 Å². The van der Waals surface area contributed by atoms with E-state index in [1.807, 2.05) is 0 Å². The number of carbonyl (C=O) groups is 2. The zero-order valence-corrected chi connectivity index (χ0v) is 17.5. The molecular formula is C25H16F2N2O5. The number of nitrogens with zero attached hydrogens (tertiary/aromatic N) is 1. The molecule has 1 aromatic heterocycles. The Labute approximate surface area is 191 Å². The van der Waals surface area contributed by atoms with Crippen LogP contribution >= 0.6 is 0 Å². The minimum absolute atomic E-state index is 0.0520. The molecule has 0 spiro atoms. The van der Waals surface area contributed by atoms with Crippen molar-refractivity contribution in [2.45, 2.75) is 6.54 Å². The van der Waals surface area contributed by atoms with Crippen LogP contribution in [0.3, 0.4) is 0 Å². The summed E-state index contributed by atoms with van der Waals surface area (Å²) in [4.78, 5) is 38.8. The number of hydrogen-bond acceptors (Lipinski definition) is 5. The van der Waals surface area contributed by atoms with Crippen LogP contribution in [0.1, 0.15) is 15.9 Å². The van der Waals surface area contributed by atoms with E-state index in [2.05, 4.69) is 5.32 Å². The molecule has 3 aromatic carbocycles. The van der Waals surface area contributed by atoms with E-state index in [9.17, 15) is 23.2 Å². The minimum atomic E-state index is -0.684. The number of benzene rings is 3. The number of pyridine rings is 1. The first-order valence-electron chi connectivity index (χ1n) is 10.2. The fourth-order valence-electron chi connectivity index (χ4n) is 3.75. The van der Waals surface area contributed by atoms with Gasteiger partial charge in [-0.05, 0) is 54.6 Å². The van der Waals surface area contributed by atoms with Gasteiger partial charge >= 0.3 is 0 Å². The van der Waals surface area contributed by atoms with Gasteiger partial charge in [-0.2, -0.15) is 0 Å². The van der Waals surface area contributed by atoms with E-state index < -0.39 is 28.8 Å². The SMILES string of the molecule is O=C(Cn1cc(C(=O)c2ccc(F)cc2)c(=O)c2cc(F)ccc21)Nc1ccc2c(c1)OCO2. The van der Waals surface area contributed by atoms with Crippen molar-refractivity contribution in [2.24, 2.45) is 0 Å². The molecule has 0 fully saturated rings. The highest BCUT2D eigenvalue weighted by Gasteiger charge is 2.19. The lowest BCUT2D eigenvalue weighted by Gasteiger charge is -2.14. The number of anilines is 1. The van der Waals surface area contributed by atoms with Gasteiger partial charge in [-0.15, -0.1) is 0 Å². The summed E-state index contributed by atoms with van der Waals surface area (Å²) in [6.45, 7) is -0.169. The number of ether oxygens (including phenoxy) is 2. The number of fused-ring (bicyclic) bond motifs is 2. The molecule has 0 aliphatic carbocycles. The third kappa shape index (κ3) is 3.99. The van der Waals surface area contributed by atoms with Crippen LogP contribution in [0.5, 0.6) is 11.5 Å². The zero-order chi connectivity index (χ0) is 23.8. The van der Waals surface area contributed by atoms with Gasteiger partial charge in [0.25, 0.3) is 0 Å². The molecule has 0 atom stereocenters. The van der Waals surface area contributed by atoms with Crippen LogP contribution in [0.2, 0.25) is 0 Å². The lowest BCUT2D eigenvalue weighted by Crippen LogP contribution is -2.24. The fourth-order valence-corrected chi connectivity index (χ4v) is 3.75. The second-order valence-corrected chi connectivity index (χ2v) is 7.61. The molecule has 0 bridgehead atoms. The van der Waals surface area contributed by atoms with Gasteiger partial charge in [0.15, 0.2) is 17.3 Å². The van der Waals surface area contributed by atoms with Gasteiger partial charge in [0.05, 0.1) is 11.1 Å². The minimum Gasteiger partial charge on any atom is -0.454 e. The standard InChI is InChI=1S/C25H16F2N2O5/c26-15-3-1-14(2-4-15)24(31)19-11-29(20-7-5-16(27)9-18(20)25(19)32)12-23(30)28-17-6-8-21-22(10-17)34-13-33-21/h1-11H,12-13H2,(H,28,30). The first kappa shape index (κ1) is 21.3. The van der Waals surface area contributed by atoms with E-state index in [4.69, 9.17) is 9.47 Å². The molecular weight excluding hydrogens is 446 g/mol. The third-order valence-corrected chi connectivity index (χ3v) is 5.36. The Bertz CT molecular complexity index is 1510. The predicted octanol–water partition coefficient (Wildman–Crippen LogP) is 3.88. The van der Waals surface area contributed by atoms with Crippen LogP contribution in [-0.4, -0.2) is 23.1 Å². The summed E-state index contributed by atoms with van der Waals surface area (Å²) in [6.07, 6.45) is 1.26. The van der Waals surface area contributed by atoms with Crippen LogP contribution in [0, 0.1) is 11.6 Å². The molecule has 4 aromatic rings. The number of aromatic nitrogens is 1. The van der Waals surface area contributed by atoms with Crippen molar-refractivity contribution in [2.75, 3.05) is 12.1 Å². The summed E-state index contributed by atoms with van der Waals surface area (Å²) >= 11 is 0. The van der Waals surface area contributed by atoms with Crippen molar-refractivity contribution >= 4 is 28.3 Å². The molecule has 0 saturated carbocycles. The van der Waals surface area contributed by atoms with E-state index in [0.717, 1.165) is 24.3 Å². The molecule has 1 aliphatic rings. The van der Waals surface area contributed by atoms with Crippen LogP contribution in [0.25, 0.3) is 10.9 Å². The summed E-state index contributed by atoms with van der Waals surface area (Å²) in [6, 6.07) is 13.2. The highest BCUT2D eigenvalue weighted by atomic mass is 19.1. The highest BCUT2D eigenvalue weighted by molar-refractivity contribution is 6.10. The number of ketones is 1. The average molecular weight is 462 g/mol. The van der Waals surface area contributed by atoms with E-state index in [1.54, 1.807) is 18.2 Å². The quantitative estimate of drug-likeness (QED) is 0.455. The van der Waals surface area contributed by atoms with Gasteiger partial charge < -0.3 is 19.4 Å². The van der Waals surface area contributed by atoms with Gasteiger partial charge in [-0.1, -0.05) is 0 Å². The Hall–Kier alpha value is -4.53. The second kappa shape index (κ2) is 8.43. The van der Waals surface area contributed by atoms with Crippen molar-refractivity contribution in [1.82, 2.24) is 4.57 Å². The first-order chi connectivity index (χ1) is 16.4. The van der Waals surface area contributed by atoms with E-state index >= 15 is 0 Å². The number of carbonyl (C=O) groups excluding carboxylic acids is 2. The molecule has 2 heterocycles. The predicted molar refractivity (Wildman–Crippen MR) is 119 cm³/mol. The fraction of sp³-hybridized carbons (Fsp3) is 0.0800. The number of rotatable bonds is 5. The molecule has 1 aliphatic heterocycles. The van der Waals surface area contributed by atoms with E-state index in [-0.39, 0.29) is 35.4 Å². The molecule has 0 saturated heterocycles. The van der Waals surface area contributed by atoms with Crippen LogP contribution in [0.15, 0.2) is 71.7 Å². The summed E-state index contributed by atoms with van der Waals surface area (Å²) in [7, 11) is 0. The zero-order valence-electron chi connectivity index (χ0n) is 17.5. The molecule has 9 heteroatoms. The number of amides is 1. The molecule has 170 valence electrons. The molecule has 5 rings (SSSR count). The molecule has 7 nitrogen and oxygen atoms in total. The second-order valence-electron chi connectivity index (χ2n) is 7.61. The maximum Gasteiger partial charge on any atom is 0.244 e. The van der Waals surface area contributed by atoms with Crippen molar-refractivity contribution < 1.29 is 27.8 Å². The molecule has 0 radical (unpaired) electrons. The van der Waals surface area contributed by atoms with Crippen LogP contribution in [0.4, 0.5) is 14.5 Å². The van der Waals surface area contributed by atoms with Crippen LogP contribution < -0.4 is 20.2 Å².